The van der Waals surface area contributed by atoms with Gasteiger partial charge in [-0.3, -0.25) is 11.5 Å². The summed E-state index contributed by atoms with van der Waals surface area (Å²) < 4.78 is -0.0515. The quantitative estimate of drug-likeness (QED) is 0.322. The van der Waals surface area contributed by atoms with Crippen molar-refractivity contribution in [1.29, 1.82) is 0 Å². The van der Waals surface area contributed by atoms with Crippen LogP contribution in [-0.4, -0.2) is 34.0 Å². The van der Waals surface area contributed by atoms with Crippen molar-refractivity contribution in [1.82, 2.24) is 0 Å². The van der Waals surface area contributed by atoms with Gasteiger partial charge in [0.1, 0.15) is 12.4 Å². The molecule has 0 unspecified atom stereocenters. The molecule has 0 atom stereocenters. The van der Waals surface area contributed by atoms with Gasteiger partial charge in [0, 0.05) is 11.1 Å². The Morgan fingerprint density at radius 1 is 0.889 bits per heavy atom. The van der Waals surface area contributed by atoms with E-state index in [1.54, 1.807) is 0 Å². The maximum atomic E-state index is 10.9. The summed E-state index contributed by atoms with van der Waals surface area (Å²) in [7, 11) is 0. The molecule has 0 heterocycles. The van der Waals surface area contributed by atoms with Gasteiger partial charge in [0.15, 0.2) is 0 Å². The first-order valence-electron chi connectivity index (χ1n) is 4.71. The zero-order valence-electron chi connectivity index (χ0n) is 9.15. The second-order valence-electron chi connectivity index (χ2n) is 3.25. The number of amides is 4. The van der Waals surface area contributed by atoms with E-state index in [1.807, 2.05) is 0 Å². The van der Waals surface area contributed by atoms with Crippen LogP contribution < -0.4 is 11.5 Å². The van der Waals surface area contributed by atoms with E-state index in [-0.39, 0.29) is 9.48 Å². The predicted octanol–water partition coefficient (Wildman–Crippen LogP) is -0.298. The third-order valence-electron chi connectivity index (χ3n) is 1.90. The summed E-state index contributed by atoms with van der Waals surface area (Å²) in [6.45, 7) is 0. The minimum Gasteiger partial charge on any atom is -0.708 e. The van der Waals surface area contributed by atoms with E-state index in [0.29, 0.717) is 11.1 Å². The van der Waals surface area contributed by atoms with Gasteiger partial charge < -0.3 is 10.4 Å². The molecule has 0 saturated heterocycles. The van der Waals surface area contributed by atoms with Crippen LogP contribution in [0.5, 0.6) is 0 Å². The Labute approximate surface area is 102 Å². The third-order valence-corrected chi connectivity index (χ3v) is 1.90. The Kier molecular flexibility index (Phi) is 3.98. The fourth-order valence-corrected chi connectivity index (χ4v) is 1.07. The molecule has 0 aliphatic heterocycles. The van der Waals surface area contributed by atoms with Gasteiger partial charge in [0.05, 0.1) is 0 Å². The molecule has 0 saturated carbocycles. The van der Waals surface area contributed by atoms with Crippen LogP contribution in [0.4, 0.5) is 9.59 Å². The Morgan fingerprint density at radius 3 is 1.39 bits per heavy atom. The van der Waals surface area contributed by atoms with Gasteiger partial charge in [0.25, 0.3) is 0 Å². The van der Waals surface area contributed by atoms with Crippen LogP contribution >= 0.6 is 0 Å². The van der Waals surface area contributed by atoms with E-state index in [0.717, 1.165) is 12.4 Å². The zero-order valence-corrected chi connectivity index (χ0v) is 9.15. The lowest BCUT2D eigenvalue weighted by atomic mass is 10.1. The highest BCUT2D eigenvalue weighted by Gasteiger charge is 2.01. The van der Waals surface area contributed by atoms with Gasteiger partial charge in [-0.1, -0.05) is 24.3 Å². The van der Waals surface area contributed by atoms with Crippen LogP contribution in [0.1, 0.15) is 11.1 Å². The van der Waals surface area contributed by atoms with E-state index in [9.17, 15) is 20.0 Å². The van der Waals surface area contributed by atoms with E-state index >= 15 is 0 Å². The number of nitrogens with zero attached hydrogens (tertiary/aromatic N) is 2. The average Bonchev–Trinajstić information content (AvgIpc) is 2.31. The minimum absolute atomic E-state index is 0.0258. The van der Waals surface area contributed by atoms with Crippen LogP contribution in [0.15, 0.2) is 24.3 Å². The first-order chi connectivity index (χ1) is 8.40. The lowest BCUT2D eigenvalue weighted by molar-refractivity contribution is -0.342. The van der Waals surface area contributed by atoms with Crippen LogP contribution in [0.2, 0.25) is 0 Å². The van der Waals surface area contributed by atoms with E-state index < -0.39 is 12.1 Å². The summed E-state index contributed by atoms with van der Waals surface area (Å²) in [4.78, 5) is 21.0. The van der Waals surface area contributed by atoms with Gasteiger partial charge in [-0.15, -0.1) is 0 Å². The van der Waals surface area contributed by atoms with Crippen molar-refractivity contribution in [2.24, 2.45) is 11.5 Å². The number of hydroxylamine groups is 2. The first-order valence-corrected chi connectivity index (χ1v) is 4.71. The molecular formula is C10H10N4O4. The van der Waals surface area contributed by atoms with Crippen molar-refractivity contribution in [3.63, 3.8) is 0 Å². The van der Waals surface area contributed by atoms with Gasteiger partial charge in [-0.2, -0.15) is 9.59 Å². The monoisotopic (exact) mass is 250 g/mol. The van der Waals surface area contributed by atoms with Gasteiger partial charge in [-0.05, 0) is 0 Å². The van der Waals surface area contributed by atoms with Crippen molar-refractivity contribution < 1.29 is 19.1 Å². The molecule has 0 fully saturated rings. The molecule has 18 heavy (non-hydrogen) atoms. The lowest BCUT2D eigenvalue weighted by Gasteiger charge is -2.03. The maximum absolute atomic E-state index is 10.9. The normalized spacial score (nSPS) is 12.2. The van der Waals surface area contributed by atoms with Gasteiger partial charge in [-0.25, -0.2) is 9.48 Å². The summed E-state index contributed by atoms with van der Waals surface area (Å²) in [5.74, 6) is 0. The van der Waals surface area contributed by atoms with Crippen LogP contribution in [-0.2, 0) is 0 Å². The summed E-state index contributed by atoms with van der Waals surface area (Å²) in [5, 5.41) is 21.8. The number of carbonyl (C=O) groups is 2. The molecule has 0 bridgehead atoms. The molecule has 4 amide bonds. The number of nitrogens with two attached hydrogens (primary N) is 2. The molecule has 1 rings (SSSR count). The zero-order chi connectivity index (χ0) is 13.7. The van der Waals surface area contributed by atoms with Crippen molar-refractivity contribution in [2.45, 2.75) is 0 Å². The second kappa shape index (κ2) is 5.43. The number of carbonyl (C=O) groups excluding carboxylic acids is 2. The van der Waals surface area contributed by atoms with Crippen molar-refractivity contribution in [3.8, 4) is 0 Å². The maximum Gasteiger partial charge on any atom is 0.492 e. The van der Waals surface area contributed by atoms with Gasteiger partial charge >= 0.3 is 12.1 Å². The van der Waals surface area contributed by atoms with E-state index in [1.165, 1.54) is 24.3 Å². The molecule has 0 aromatic heterocycles. The Bertz CT molecular complexity index is 484. The number of rotatable bonds is 2. The number of primary amides is 2. The summed E-state index contributed by atoms with van der Waals surface area (Å²) in [6.07, 6.45) is 1.96. The molecule has 0 aliphatic carbocycles. The molecule has 1 aromatic rings. The van der Waals surface area contributed by atoms with Crippen LogP contribution in [0.25, 0.3) is 0 Å². The van der Waals surface area contributed by atoms with Crippen LogP contribution in [0, 0.1) is 10.4 Å². The average molecular weight is 250 g/mol. The number of hydrogen-bond acceptors (Lipinski definition) is 4. The van der Waals surface area contributed by atoms with Crippen LogP contribution in [0.3, 0.4) is 0 Å². The summed E-state index contributed by atoms with van der Waals surface area (Å²) >= 11 is 0. The van der Waals surface area contributed by atoms with E-state index in [2.05, 4.69) is 0 Å². The summed E-state index contributed by atoms with van der Waals surface area (Å²) in [6, 6.07) is 3.60. The Hall–Kier alpha value is -2.90. The highest BCUT2D eigenvalue weighted by molar-refractivity contribution is 5.84. The summed E-state index contributed by atoms with van der Waals surface area (Å²) in [5.41, 5.74) is 10.3. The molecule has 8 heteroatoms. The topological polar surface area (TPSA) is 138 Å². The van der Waals surface area contributed by atoms with Crippen molar-refractivity contribution in [3.05, 3.63) is 45.8 Å². The molecule has 0 aliphatic rings. The molecule has 94 valence electrons. The molecular weight excluding hydrogens is 240 g/mol. The van der Waals surface area contributed by atoms with Crippen molar-refractivity contribution >= 4 is 24.5 Å². The molecule has 0 spiro atoms. The highest BCUT2D eigenvalue weighted by Crippen LogP contribution is 2.00. The minimum atomic E-state index is -1.13. The van der Waals surface area contributed by atoms with Crippen molar-refractivity contribution in [2.75, 3.05) is 0 Å². The molecule has 0 radical (unpaired) electrons. The van der Waals surface area contributed by atoms with E-state index in [4.69, 9.17) is 11.5 Å². The second-order valence-corrected chi connectivity index (χ2v) is 3.25. The molecule has 8 nitrogen and oxygen atoms in total. The third kappa shape index (κ3) is 3.59. The fourth-order valence-electron chi connectivity index (χ4n) is 1.07. The predicted molar refractivity (Wildman–Crippen MR) is 63.2 cm³/mol. The lowest BCUT2D eigenvalue weighted by Crippen LogP contribution is -2.23. The Morgan fingerprint density at radius 2 is 1.17 bits per heavy atom. The van der Waals surface area contributed by atoms with Gasteiger partial charge in [0.2, 0.25) is 0 Å². The smallest absolute Gasteiger partial charge is 0.492 e. The first kappa shape index (κ1) is 13.2. The standard InChI is InChI=1S/C10H10N4O4/c11-9(15)13(17)5-7-1-2-8(4-3-7)6-14(18)10(12)16/h1-6H,(H2,11,15)(H2,12,16)/b13-5+,14-6+. The molecule has 4 N–H and O–H groups in total. The number of hydrogen-bond donors (Lipinski definition) is 2. The fraction of sp³-hybridized carbons (Fsp3) is 0. The number of urea groups is 2. The Balaban J connectivity index is 2.94. The highest BCUT2D eigenvalue weighted by atomic mass is 16.5. The largest absolute Gasteiger partial charge is 0.708 e. The molecule has 1 aromatic carbocycles. The SMILES string of the molecule is NC(=O)/[N+]([O-])=C\c1ccc(/C=[N+](/[O-])C(N)=O)cc1. The number of benzene rings is 1.